The molecular formula is C23H35F3S2. The Kier molecular flexibility index (Phi) is 11.2. The number of benzene rings is 1. The van der Waals surface area contributed by atoms with Crippen LogP contribution in [0.5, 0.6) is 0 Å². The summed E-state index contributed by atoms with van der Waals surface area (Å²) in [6.45, 7) is 4.09. The third-order valence-electron chi connectivity index (χ3n) is 5.77. The van der Waals surface area contributed by atoms with Crippen LogP contribution in [0.3, 0.4) is 0 Å². The molecule has 1 saturated carbocycles. The fraction of sp³-hybridized carbons (Fsp3) is 0.739. The lowest BCUT2D eigenvalue weighted by Crippen LogP contribution is -2.14. The predicted molar refractivity (Wildman–Crippen MR) is 119 cm³/mol. The van der Waals surface area contributed by atoms with E-state index in [0.29, 0.717) is 23.8 Å². The largest absolute Gasteiger partial charge is 0.251 e. The maximum absolute atomic E-state index is 13.6. The summed E-state index contributed by atoms with van der Waals surface area (Å²) in [6.07, 6.45) is 8.81. The van der Waals surface area contributed by atoms with Crippen molar-refractivity contribution in [3.63, 3.8) is 0 Å². The van der Waals surface area contributed by atoms with E-state index < -0.39 is 6.17 Å². The number of halogens is 3. The van der Waals surface area contributed by atoms with Gasteiger partial charge in [0.1, 0.15) is 12.0 Å². The highest BCUT2D eigenvalue weighted by molar-refractivity contribution is 8.17. The Hall–Kier alpha value is -0.290. The van der Waals surface area contributed by atoms with Crippen LogP contribution in [-0.2, 0) is 6.42 Å². The molecule has 0 amide bonds. The van der Waals surface area contributed by atoms with E-state index in [1.54, 1.807) is 29.6 Å². The molecule has 3 rings (SSSR count). The molecular weight excluding hydrogens is 397 g/mol. The fourth-order valence-electron chi connectivity index (χ4n) is 4.04. The summed E-state index contributed by atoms with van der Waals surface area (Å²) in [6, 6.07) is 5.40. The van der Waals surface area contributed by atoms with Gasteiger partial charge in [0.05, 0.1) is 11.3 Å². The molecule has 1 aromatic carbocycles. The zero-order valence-corrected chi connectivity index (χ0v) is 18.9. The van der Waals surface area contributed by atoms with Crippen LogP contribution >= 0.6 is 23.5 Å². The highest BCUT2D eigenvalue weighted by atomic mass is 32.2. The molecule has 160 valence electrons. The Balaban J connectivity index is 0.000000209. The highest BCUT2D eigenvalue weighted by Gasteiger charge is 2.23. The molecule has 2 aliphatic rings. The standard InChI is InChI=1S/C12H14F2S2.C11H21F/c1-2-8-3-4-9(5-11(8)14)12-15-6-10(13)7-16-12;1-2-3-10-4-6-11(7-5-10)8-9-12/h3-5,10,12H,2,6-7H2,1H3;10-11H,2-9H2,1H3. The summed E-state index contributed by atoms with van der Waals surface area (Å²) in [5, 5.41) is 0. The molecule has 0 bridgehead atoms. The summed E-state index contributed by atoms with van der Waals surface area (Å²) in [5.41, 5.74) is 1.72. The maximum atomic E-state index is 13.6. The van der Waals surface area contributed by atoms with Gasteiger partial charge in [-0.15, -0.1) is 23.5 Å². The van der Waals surface area contributed by atoms with E-state index in [1.165, 1.54) is 38.5 Å². The van der Waals surface area contributed by atoms with Crippen LogP contribution < -0.4 is 0 Å². The molecule has 1 aliphatic heterocycles. The van der Waals surface area contributed by atoms with Crippen molar-refractivity contribution in [2.75, 3.05) is 18.2 Å². The van der Waals surface area contributed by atoms with Gasteiger partial charge in [0, 0.05) is 11.5 Å². The Morgan fingerprint density at radius 3 is 2.07 bits per heavy atom. The molecule has 0 aromatic heterocycles. The molecule has 0 spiro atoms. The van der Waals surface area contributed by atoms with Crippen LogP contribution in [0.1, 0.15) is 74.5 Å². The van der Waals surface area contributed by atoms with Crippen LogP contribution in [0.15, 0.2) is 18.2 Å². The Morgan fingerprint density at radius 2 is 1.57 bits per heavy atom. The van der Waals surface area contributed by atoms with Gasteiger partial charge in [-0.2, -0.15) is 0 Å². The summed E-state index contributed by atoms with van der Waals surface area (Å²) in [5.74, 6) is 2.58. The monoisotopic (exact) mass is 432 g/mol. The van der Waals surface area contributed by atoms with E-state index in [2.05, 4.69) is 6.92 Å². The van der Waals surface area contributed by atoms with Crippen LogP contribution in [-0.4, -0.2) is 24.4 Å². The second-order valence-electron chi connectivity index (χ2n) is 7.95. The van der Waals surface area contributed by atoms with E-state index in [1.807, 2.05) is 19.1 Å². The zero-order chi connectivity index (χ0) is 20.4. The summed E-state index contributed by atoms with van der Waals surface area (Å²) >= 11 is 3.14. The normalized spacial score (nSPS) is 27.8. The van der Waals surface area contributed by atoms with Crippen molar-refractivity contribution in [1.29, 1.82) is 0 Å². The lowest BCUT2D eigenvalue weighted by molar-refractivity contribution is 0.238. The van der Waals surface area contributed by atoms with Crippen LogP contribution in [0, 0.1) is 17.7 Å². The van der Waals surface area contributed by atoms with Crippen molar-refractivity contribution < 1.29 is 13.2 Å². The van der Waals surface area contributed by atoms with E-state index in [-0.39, 0.29) is 17.1 Å². The third-order valence-corrected chi connectivity index (χ3v) is 8.84. The predicted octanol–water partition coefficient (Wildman–Crippen LogP) is 8.16. The molecule has 1 saturated heterocycles. The molecule has 0 unspecified atom stereocenters. The van der Waals surface area contributed by atoms with Gasteiger partial charge in [0.25, 0.3) is 0 Å². The average molecular weight is 433 g/mol. The molecule has 5 heteroatoms. The Bertz CT molecular complexity index is 537. The second kappa shape index (κ2) is 13.1. The minimum Gasteiger partial charge on any atom is -0.251 e. The summed E-state index contributed by atoms with van der Waals surface area (Å²) < 4.78 is 38.8. The number of rotatable bonds is 6. The van der Waals surface area contributed by atoms with E-state index in [9.17, 15) is 13.2 Å². The van der Waals surface area contributed by atoms with Crippen molar-refractivity contribution in [1.82, 2.24) is 0 Å². The number of thioether (sulfide) groups is 2. The van der Waals surface area contributed by atoms with Crippen molar-refractivity contribution >= 4 is 23.5 Å². The lowest BCUT2D eigenvalue weighted by Gasteiger charge is -2.27. The molecule has 0 N–H and O–H groups in total. The first-order valence-corrected chi connectivity index (χ1v) is 12.9. The molecule has 0 atom stereocenters. The van der Waals surface area contributed by atoms with Crippen molar-refractivity contribution in [2.24, 2.45) is 11.8 Å². The molecule has 1 aromatic rings. The maximum Gasteiger partial charge on any atom is 0.126 e. The van der Waals surface area contributed by atoms with Gasteiger partial charge in [-0.25, -0.2) is 8.78 Å². The molecule has 1 aliphatic carbocycles. The summed E-state index contributed by atoms with van der Waals surface area (Å²) in [4.78, 5) is 0. The minimum absolute atomic E-state index is 0.108. The van der Waals surface area contributed by atoms with Gasteiger partial charge in [0.2, 0.25) is 0 Å². The van der Waals surface area contributed by atoms with Gasteiger partial charge in [-0.1, -0.05) is 64.5 Å². The first-order chi connectivity index (χ1) is 13.6. The second-order valence-corrected chi connectivity index (χ2v) is 10.5. The molecule has 28 heavy (non-hydrogen) atoms. The molecule has 1 heterocycles. The Labute approximate surface area is 177 Å². The van der Waals surface area contributed by atoms with Crippen molar-refractivity contribution in [3.8, 4) is 0 Å². The van der Waals surface area contributed by atoms with E-state index >= 15 is 0 Å². The van der Waals surface area contributed by atoms with Crippen LogP contribution in [0.4, 0.5) is 13.2 Å². The highest BCUT2D eigenvalue weighted by Crippen LogP contribution is 2.44. The lowest BCUT2D eigenvalue weighted by atomic mass is 9.79. The third kappa shape index (κ3) is 7.85. The number of alkyl halides is 2. The topological polar surface area (TPSA) is 0 Å². The molecule has 2 fully saturated rings. The quantitative estimate of drug-likeness (QED) is 0.445. The molecule has 0 radical (unpaired) electrons. The van der Waals surface area contributed by atoms with E-state index in [4.69, 9.17) is 0 Å². The van der Waals surface area contributed by atoms with Crippen molar-refractivity contribution in [2.45, 2.75) is 76.0 Å². The van der Waals surface area contributed by atoms with Crippen LogP contribution in [0.2, 0.25) is 0 Å². The number of aryl methyl sites for hydroxylation is 1. The zero-order valence-electron chi connectivity index (χ0n) is 17.3. The first-order valence-electron chi connectivity index (χ1n) is 10.8. The molecule has 0 nitrogen and oxygen atoms in total. The fourth-order valence-corrected chi connectivity index (χ4v) is 6.73. The van der Waals surface area contributed by atoms with Gasteiger partial charge in [-0.3, -0.25) is 4.39 Å². The van der Waals surface area contributed by atoms with Crippen LogP contribution in [0.25, 0.3) is 0 Å². The van der Waals surface area contributed by atoms with Gasteiger partial charge < -0.3 is 0 Å². The van der Waals surface area contributed by atoms with Gasteiger partial charge >= 0.3 is 0 Å². The van der Waals surface area contributed by atoms with Gasteiger partial charge in [0.15, 0.2) is 0 Å². The summed E-state index contributed by atoms with van der Waals surface area (Å²) in [7, 11) is 0. The minimum atomic E-state index is -0.717. The SMILES string of the molecule is CCCC1CCC(CCF)CC1.CCc1ccc(C2SCC(F)CS2)cc1F. The Morgan fingerprint density at radius 1 is 0.964 bits per heavy atom. The van der Waals surface area contributed by atoms with Crippen molar-refractivity contribution in [3.05, 3.63) is 35.1 Å². The number of hydrogen-bond acceptors (Lipinski definition) is 2. The average Bonchev–Trinajstić information content (AvgIpc) is 2.71. The van der Waals surface area contributed by atoms with E-state index in [0.717, 1.165) is 23.5 Å². The number of hydrogen-bond donors (Lipinski definition) is 0. The smallest absolute Gasteiger partial charge is 0.126 e. The first kappa shape index (κ1) is 24.0. The van der Waals surface area contributed by atoms with Gasteiger partial charge in [-0.05, 0) is 41.9 Å².